The maximum atomic E-state index is 12.2. The fourth-order valence-electron chi connectivity index (χ4n) is 0.925. The Kier molecular flexibility index (Phi) is 4.05. The number of hydrogen-bond donors (Lipinski definition) is 2. The lowest BCUT2D eigenvalue weighted by molar-refractivity contribution is -0.141. The number of alkyl halides is 3. The maximum absolute atomic E-state index is 12.2. The quantitative estimate of drug-likeness (QED) is 0.829. The van der Waals surface area contributed by atoms with Gasteiger partial charge in [-0.05, 0) is 14.0 Å². The second kappa shape index (κ2) is 5.11. The molecular weight excluding hydrogens is 221 g/mol. The molecule has 0 amide bonds. The van der Waals surface area contributed by atoms with Gasteiger partial charge in [-0.2, -0.15) is 13.2 Å². The monoisotopic (exact) mass is 234 g/mol. The summed E-state index contributed by atoms with van der Waals surface area (Å²) in [7, 11) is 1.80. The first-order valence-electron chi connectivity index (χ1n) is 4.74. The summed E-state index contributed by atoms with van der Waals surface area (Å²) < 4.78 is 36.5. The first-order chi connectivity index (χ1) is 7.43. The normalized spacial score (nSPS) is 13.6. The Hall–Kier alpha value is -1.37. The molecule has 1 aromatic rings. The van der Waals surface area contributed by atoms with Gasteiger partial charge >= 0.3 is 6.18 Å². The summed E-state index contributed by atoms with van der Waals surface area (Å²) in [5, 5.41) is 5.85. The Morgan fingerprint density at radius 3 is 2.44 bits per heavy atom. The van der Waals surface area contributed by atoms with E-state index in [2.05, 4.69) is 20.6 Å². The summed E-state index contributed by atoms with van der Waals surface area (Å²) in [6.07, 6.45) is -2.65. The molecule has 0 fully saturated rings. The van der Waals surface area contributed by atoms with Gasteiger partial charge in [0.2, 0.25) is 0 Å². The van der Waals surface area contributed by atoms with Crippen molar-refractivity contribution in [3.05, 3.63) is 18.1 Å². The minimum atomic E-state index is -4.44. The molecule has 7 heteroatoms. The first kappa shape index (κ1) is 12.7. The SMILES string of the molecule is CN[C@@H](C)CNc1cnc(C(F)(F)F)cn1. The van der Waals surface area contributed by atoms with Crippen molar-refractivity contribution < 1.29 is 13.2 Å². The van der Waals surface area contributed by atoms with Crippen molar-refractivity contribution in [2.75, 3.05) is 18.9 Å². The summed E-state index contributed by atoms with van der Waals surface area (Å²) >= 11 is 0. The average Bonchev–Trinajstić information content (AvgIpc) is 2.25. The Labute approximate surface area is 91.3 Å². The van der Waals surface area contributed by atoms with Crippen molar-refractivity contribution in [2.24, 2.45) is 0 Å². The number of aromatic nitrogens is 2. The van der Waals surface area contributed by atoms with Crippen molar-refractivity contribution in [2.45, 2.75) is 19.1 Å². The molecule has 0 saturated heterocycles. The van der Waals surface area contributed by atoms with Crippen LogP contribution in [0, 0.1) is 0 Å². The van der Waals surface area contributed by atoms with E-state index in [1.54, 1.807) is 7.05 Å². The molecule has 4 nitrogen and oxygen atoms in total. The van der Waals surface area contributed by atoms with E-state index in [1.807, 2.05) is 6.92 Å². The highest BCUT2D eigenvalue weighted by Crippen LogP contribution is 2.26. The van der Waals surface area contributed by atoms with E-state index in [1.165, 1.54) is 0 Å². The molecule has 0 aliphatic heterocycles. The fourth-order valence-corrected chi connectivity index (χ4v) is 0.925. The van der Waals surface area contributed by atoms with Crippen LogP contribution in [0.25, 0.3) is 0 Å². The number of likely N-dealkylation sites (N-methyl/N-ethyl adjacent to an activating group) is 1. The Morgan fingerprint density at radius 2 is 2.00 bits per heavy atom. The van der Waals surface area contributed by atoms with E-state index >= 15 is 0 Å². The van der Waals surface area contributed by atoms with Crippen molar-refractivity contribution in [3.63, 3.8) is 0 Å². The van der Waals surface area contributed by atoms with Gasteiger partial charge in [0.15, 0.2) is 5.69 Å². The molecule has 0 aromatic carbocycles. The smallest absolute Gasteiger partial charge is 0.367 e. The van der Waals surface area contributed by atoms with Crippen molar-refractivity contribution in [3.8, 4) is 0 Å². The molecular formula is C9H13F3N4. The molecule has 0 bridgehead atoms. The van der Waals surface area contributed by atoms with E-state index < -0.39 is 11.9 Å². The number of hydrogen-bond acceptors (Lipinski definition) is 4. The summed E-state index contributed by atoms with van der Waals surface area (Å²) in [5.74, 6) is 0.329. The van der Waals surface area contributed by atoms with Crippen LogP contribution in [0.2, 0.25) is 0 Å². The van der Waals surface area contributed by atoms with Gasteiger partial charge in [0.25, 0.3) is 0 Å². The molecule has 1 rings (SSSR count). The molecule has 0 aliphatic carbocycles. The van der Waals surface area contributed by atoms with Crippen molar-refractivity contribution >= 4 is 5.82 Å². The molecule has 0 unspecified atom stereocenters. The molecule has 16 heavy (non-hydrogen) atoms. The molecule has 1 aromatic heterocycles. The third kappa shape index (κ3) is 3.65. The van der Waals surface area contributed by atoms with E-state index in [0.29, 0.717) is 18.6 Å². The zero-order valence-electron chi connectivity index (χ0n) is 8.97. The zero-order valence-corrected chi connectivity index (χ0v) is 8.97. The molecule has 1 heterocycles. The van der Waals surface area contributed by atoms with E-state index in [4.69, 9.17) is 0 Å². The van der Waals surface area contributed by atoms with Crippen LogP contribution in [0.5, 0.6) is 0 Å². The third-order valence-corrected chi connectivity index (χ3v) is 2.02. The van der Waals surface area contributed by atoms with Gasteiger partial charge in [0.05, 0.1) is 12.4 Å². The fraction of sp³-hybridized carbons (Fsp3) is 0.556. The highest BCUT2D eigenvalue weighted by molar-refractivity contribution is 5.31. The Balaban J connectivity index is 2.58. The summed E-state index contributed by atoms with van der Waals surface area (Å²) in [6.45, 7) is 2.50. The minimum absolute atomic E-state index is 0.198. The van der Waals surface area contributed by atoms with Gasteiger partial charge in [-0.15, -0.1) is 0 Å². The lowest BCUT2D eigenvalue weighted by Gasteiger charge is -2.12. The number of anilines is 1. The van der Waals surface area contributed by atoms with Crippen LogP contribution in [-0.2, 0) is 6.18 Å². The van der Waals surface area contributed by atoms with E-state index in [9.17, 15) is 13.2 Å². The average molecular weight is 234 g/mol. The van der Waals surface area contributed by atoms with Gasteiger partial charge in [-0.25, -0.2) is 9.97 Å². The highest BCUT2D eigenvalue weighted by atomic mass is 19.4. The summed E-state index contributed by atoms with van der Waals surface area (Å²) in [5.41, 5.74) is -0.986. The molecule has 0 aliphatic rings. The Bertz CT molecular complexity index is 323. The number of halogens is 3. The minimum Gasteiger partial charge on any atom is -0.367 e. The molecule has 0 spiro atoms. The van der Waals surface area contributed by atoms with Crippen LogP contribution >= 0.6 is 0 Å². The third-order valence-electron chi connectivity index (χ3n) is 2.02. The van der Waals surface area contributed by atoms with E-state index in [-0.39, 0.29) is 6.04 Å². The van der Waals surface area contributed by atoms with Crippen LogP contribution < -0.4 is 10.6 Å². The topological polar surface area (TPSA) is 49.8 Å². The largest absolute Gasteiger partial charge is 0.434 e. The lowest BCUT2D eigenvalue weighted by atomic mass is 10.3. The molecule has 90 valence electrons. The van der Waals surface area contributed by atoms with Gasteiger partial charge in [0, 0.05) is 12.6 Å². The number of nitrogens with one attached hydrogen (secondary N) is 2. The lowest BCUT2D eigenvalue weighted by Crippen LogP contribution is -2.29. The van der Waals surface area contributed by atoms with Crippen molar-refractivity contribution in [1.82, 2.24) is 15.3 Å². The molecule has 0 radical (unpaired) electrons. The highest BCUT2D eigenvalue weighted by Gasteiger charge is 2.32. The predicted molar refractivity (Wildman–Crippen MR) is 54.0 cm³/mol. The first-order valence-corrected chi connectivity index (χ1v) is 4.74. The van der Waals surface area contributed by atoms with Gasteiger partial charge < -0.3 is 10.6 Å². The zero-order chi connectivity index (χ0) is 12.2. The van der Waals surface area contributed by atoms with Crippen molar-refractivity contribution in [1.29, 1.82) is 0 Å². The second-order valence-corrected chi connectivity index (χ2v) is 3.36. The predicted octanol–water partition coefficient (Wildman–Crippen LogP) is 1.52. The van der Waals surface area contributed by atoms with Crippen LogP contribution in [0.3, 0.4) is 0 Å². The van der Waals surface area contributed by atoms with Gasteiger partial charge in [-0.1, -0.05) is 0 Å². The second-order valence-electron chi connectivity index (χ2n) is 3.36. The van der Waals surface area contributed by atoms with Crippen LogP contribution in [0.4, 0.5) is 19.0 Å². The summed E-state index contributed by atoms with van der Waals surface area (Å²) in [4.78, 5) is 6.91. The Morgan fingerprint density at radius 1 is 1.31 bits per heavy atom. The van der Waals surface area contributed by atoms with Crippen LogP contribution in [0.1, 0.15) is 12.6 Å². The molecule has 0 saturated carbocycles. The maximum Gasteiger partial charge on any atom is 0.434 e. The number of rotatable bonds is 4. The molecule has 1 atom stereocenters. The van der Waals surface area contributed by atoms with Gasteiger partial charge in [-0.3, -0.25) is 0 Å². The van der Waals surface area contributed by atoms with E-state index in [0.717, 1.165) is 6.20 Å². The molecule has 2 N–H and O–H groups in total. The summed E-state index contributed by atoms with van der Waals surface area (Å²) in [6, 6.07) is 0.198. The number of nitrogens with zero attached hydrogens (tertiary/aromatic N) is 2. The van der Waals surface area contributed by atoms with Crippen LogP contribution in [-0.4, -0.2) is 29.6 Å². The van der Waals surface area contributed by atoms with Gasteiger partial charge in [0.1, 0.15) is 5.82 Å². The van der Waals surface area contributed by atoms with Crippen LogP contribution in [0.15, 0.2) is 12.4 Å². The standard InChI is InChI=1S/C9H13F3N4/c1-6(13-2)3-15-8-5-14-7(4-16-8)9(10,11)12/h4-6,13H,3H2,1-2H3,(H,15,16)/t6-/m0/s1.